The molecule has 0 aliphatic heterocycles. The van der Waals surface area contributed by atoms with Gasteiger partial charge in [-0.25, -0.2) is 0 Å². The fourth-order valence-electron chi connectivity index (χ4n) is 1.65. The lowest BCUT2D eigenvalue weighted by Crippen LogP contribution is -2.17. The van der Waals surface area contributed by atoms with E-state index < -0.39 is 0 Å². The molecule has 2 aromatic rings. The lowest BCUT2D eigenvalue weighted by atomic mass is 10.1. The van der Waals surface area contributed by atoms with E-state index in [-0.39, 0.29) is 0 Å². The number of aromatic amines is 1. The fourth-order valence-corrected chi connectivity index (χ4v) is 1.65. The van der Waals surface area contributed by atoms with Crippen molar-refractivity contribution in [2.24, 2.45) is 0 Å². The summed E-state index contributed by atoms with van der Waals surface area (Å²) in [6, 6.07) is 6.78. The van der Waals surface area contributed by atoms with Gasteiger partial charge in [0.2, 0.25) is 0 Å². The Morgan fingerprint density at radius 2 is 2.36 bits per heavy atom. The molecule has 0 fully saturated rings. The summed E-state index contributed by atoms with van der Waals surface area (Å²) in [7, 11) is 0. The maximum Gasteiger partial charge on any atom is 0.0650 e. The number of fused-ring (bicyclic) bond motifs is 1. The number of nitrogens with zero attached hydrogens (tertiary/aromatic N) is 1. The highest BCUT2D eigenvalue weighted by molar-refractivity contribution is 5.78. The quantitative estimate of drug-likeness (QED) is 0.777. The number of H-pyrrole nitrogens is 1. The number of hydrogen-bond acceptors (Lipinski definition) is 2. The lowest BCUT2D eigenvalue weighted by Gasteiger charge is -2.12. The van der Waals surface area contributed by atoms with Crippen molar-refractivity contribution in [3.05, 3.63) is 30.0 Å². The topological polar surface area (TPSA) is 40.7 Å². The summed E-state index contributed by atoms with van der Waals surface area (Å²) in [6.07, 6.45) is 1.86. The van der Waals surface area contributed by atoms with Gasteiger partial charge in [0.15, 0.2) is 0 Å². The molecule has 0 bridgehead atoms. The molecular formula is C11H15N3. The van der Waals surface area contributed by atoms with Crippen molar-refractivity contribution >= 4 is 10.9 Å². The predicted octanol–water partition coefficient (Wildman–Crippen LogP) is 2.23. The van der Waals surface area contributed by atoms with Gasteiger partial charge in [0.05, 0.1) is 11.7 Å². The minimum atomic E-state index is 0.402. The first-order valence-electron chi connectivity index (χ1n) is 4.97. The van der Waals surface area contributed by atoms with Gasteiger partial charge in [-0.15, -0.1) is 0 Å². The van der Waals surface area contributed by atoms with Crippen molar-refractivity contribution in [3.63, 3.8) is 0 Å². The summed E-state index contributed by atoms with van der Waals surface area (Å²) in [6.45, 7) is 5.28. The molecule has 1 unspecified atom stereocenters. The molecule has 2 rings (SSSR count). The SMILES string of the molecule is CCNC(C)c1ccc2[nH]ncc2c1. The van der Waals surface area contributed by atoms with Gasteiger partial charge in [0.25, 0.3) is 0 Å². The van der Waals surface area contributed by atoms with E-state index in [4.69, 9.17) is 0 Å². The Labute approximate surface area is 83.5 Å². The Hall–Kier alpha value is -1.35. The van der Waals surface area contributed by atoms with E-state index in [1.165, 1.54) is 10.9 Å². The van der Waals surface area contributed by atoms with Crippen molar-refractivity contribution in [2.75, 3.05) is 6.54 Å². The van der Waals surface area contributed by atoms with Crippen molar-refractivity contribution < 1.29 is 0 Å². The molecule has 3 heteroatoms. The second-order valence-corrected chi connectivity index (χ2v) is 3.50. The number of aromatic nitrogens is 2. The Morgan fingerprint density at radius 1 is 1.50 bits per heavy atom. The maximum absolute atomic E-state index is 4.00. The van der Waals surface area contributed by atoms with E-state index in [0.29, 0.717) is 6.04 Å². The minimum Gasteiger partial charge on any atom is -0.310 e. The number of nitrogens with one attached hydrogen (secondary N) is 2. The van der Waals surface area contributed by atoms with Crippen LogP contribution < -0.4 is 5.32 Å². The van der Waals surface area contributed by atoms with E-state index in [1.807, 2.05) is 6.20 Å². The fraction of sp³-hybridized carbons (Fsp3) is 0.364. The zero-order valence-electron chi connectivity index (χ0n) is 8.54. The highest BCUT2D eigenvalue weighted by atomic mass is 15.1. The molecule has 14 heavy (non-hydrogen) atoms. The molecule has 0 radical (unpaired) electrons. The monoisotopic (exact) mass is 189 g/mol. The third kappa shape index (κ3) is 1.63. The summed E-state index contributed by atoms with van der Waals surface area (Å²) < 4.78 is 0. The van der Waals surface area contributed by atoms with E-state index in [2.05, 4.69) is 47.6 Å². The third-order valence-corrected chi connectivity index (χ3v) is 2.47. The molecule has 74 valence electrons. The van der Waals surface area contributed by atoms with Gasteiger partial charge in [-0.3, -0.25) is 5.10 Å². The van der Waals surface area contributed by atoms with Crippen LogP contribution in [0.25, 0.3) is 10.9 Å². The zero-order chi connectivity index (χ0) is 9.97. The average molecular weight is 189 g/mol. The number of benzene rings is 1. The zero-order valence-corrected chi connectivity index (χ0v) is 8.54. The van der Waals surface area contributed by atoms with E-state index in [9.17, 15) is 0 Å². The van der Waals surface area contributed by atoms with Crippen molar-refractivity contribution in [1.29, 1.82) is 0 Å². The van der Waals surface area contributed by atoms with Gasteiger partial charge in [0, 0.05) is 11.4 Å². The lowest BCUT2D eigenvalue weighted by molar-refractivity contribution is 0.599. The van der Waals surface area contributed by atoms with Gasteiger partial charge in [0.1, 0.15) is 0 Å². The van der Waals surface area contributed by atoms with Gasteiger partial charge in [-0.2, -0.15) is 5.10 Å². The van der Waals surface area contributed by atoms with Crippen LogP contribution in [0.2, 0.25) is 0 Å². The van der Waals surface area contributed by atoms with E-state index in [0.717, 1.165) is 12.1 Å². The molecule has 1 atom stereocenters. The molecule has 2 N–H and O–H groups in total. The van der Waals surface area contributed by atoms with Gasteiger partial charge in [-0.05, 0) is 31.2 Å². The minimum absolute atomic E-state index is 0.402. The Balaban J connectivity index is 2.33. The van der Waals surface area contributed by atoms with Crippen molar-refractivity contribution in [2.45, 2.75) is 19.9 Å². The first kappa shape index (κ1) is 9.21. The standard InChI is InChI=1S/C11H15N3/c1-3-12-8(2)9-4-5-11-10(6-9)7-13-14-11/h4-8,12H,3H2,1-2H3,(H,13,14). The second-order valence-electron chi connectivity index (χ2n) is 3.50. The number of rotatable bonds is 3. The third-order valence-electron chi connectivity index (χ3n) is 2.47. The highest BCUT2D eigenvalue weighted by Gasteiger charge is 2.04. The summed E-state index contributed by atoms with van der Waals surface area (Å²) in [4.78, 5) is 0. The molecule has 0 saturated carbocycles. The molecule has 0 aliphatic rings. The first-order chi connectivity index (χ1) is 6.81. The highest BCUT2D eigenvalue weighted by Crippen LogP contribution is 2.18. The van der Waals surface area contributed by atoms with Crippen LogP contribution in [0.15, 0.2) is 24.4 Å². The van der Waals surface area contributed by atoms with Crippen LogP contribution in [0, 0.1) is 0 Å². The molecule has 1 aromatic carbocycles. The Bertz CT molecular complexity index is 419. The maximum atomic E-state index is 4.00. The van der Waals surface area contributed by atoms with Crippen LogP contribution in [-0.4, -0.2) is 16.7 Å². The molecule has 3 nitrogen and oxygen atoms in total. The normalized spacial score (nSPS) is 13.3. The van der Waals surface area contributed by atoms with Crippen LogP contribution in [0.5, 0.6) is 0 Å². The second kappa shape index (κ2) is 3.80. The molecule has 1 heterocycles. The van der Waals surface area contributed by atoms with Crippen LogP contribution in [0.3, 0.4) is 0 Å². The summed E-state index contributed by atoms with van der Waals surface area (Å²) in [5.41, 5.74) is 2.40. The molecule has 0 aliphatic carbocycles. The number of hydrogen-bond donors (Lipinski definition) is 2. The van der Waals surface area contributed by atoms with E-state index >= 15 is 0 Å². The summed E-state index contributed by atoms with van der Waals surface area (Å²) in [5, 5.41) is 11.5. The van der Waals surface area contributed by atoms with Crippen LogP contribution in [-0.2, 0) is 0 Å². The molecule has 0 saturated heterocycles. The van der Waals surface area contributed by atoms with Gasteiger partial charge < -0.3 is 5.32 Å². The Morgan fingerprint density at radius 3 is 3.14 bits per heavy atom. The molecule has 0 spiro atoms. The van der Waals surface area contributed by atoms with Gasteiger partial charge >= 0.3 is 0 Å². The average Bonchev–Trinajstić information content (AvgIpc) is 2.64. The van der Waals surface area contributed by atoms with Gasteiger partial charge in [-0.1, -0.05) is 13.0 Å². The van der Waals surface area contributed by atoms with E-state index in [1.54, 1.807) is 0 Å². The largest absolute Gasteiger partial charge is 0.310 e. The summed E-state index contributed by atoms with van der Waals surface area (Å²) >= 11 is 0. The molecule has 0 amide bonds. The molecule has 1 aromatic heterocycles. The van der Waals surface area contributed by atoms with Crippen LogP contribution >= 0.6 is 0 Å². The summed E-state index contributed by atoms with van der Waals surface area (Å²) in [5.74, 6) is 0. The molecular weight excluding hydrogens is 174 g/mol. The Kier molecular flexibility index (Phi) is 2.50. The van der Waals surface area contributed by atoms with Crippen molar-refractivity contribution in [3.8, 4) is 0 Å². The van der Waals surface area contributed by atoms with Crippen molar-refractivity contribution in [1.82, 2.24) is 15.5 Å². The van der Waals surface area contributed by atoms with Crippen LogP contribution in [0.1, 0.15) is 25.5 Å². The van der Waals surface area contributed by atoms with Crippen LogP contribution in [0.4, 0.5) is 0 Å². The predicted molar refractivity (Wildman–Crippen MR) is 58.2 cm³/mol. The smallest absolute Gasteiger partial charge is 0.0650 e. The first-order valence-corrected chi connectivity index (χ1v) is 4.97.